The van der Waals surface area contributed by atoms with E-state index in [4.69, 9.17) is 9.29 Å². The maximum Gasteiger partial charge on any atom is 0.407 e. The summed E-state index contributed by atoms with van der Waals surface area (Å²) in [7, 11) is -4.27. The van der Waals surface area contributed by atoms with Crippen LogP contribution in [0, 0.1) is 22.0 Å². The number of hydrogen-bond acceptors (Lipinski definition) is 8. The standard InChI is InChI=1S/C25H37N3O3.C6H5NO5S/c1-25(2,3)27-23(29)21-14-18-11-7-8-12-19(18)15-28(21)16-22-20(26-24(30)31-22)13-17-9-5-4-6-10-17;8-7(9)5-1-3-6(4-2-5)13(10,11)12/h4-6,9-10,18-22H,7-8,11-16H2,1-3H3,(H,26,30)(H,27,29);1-4H,(H,10,11,12)/t18-,19+,20-,21-,22+;/m0./s1. The average molecular weight is 631 g/mol. The van der Waals surface area contributed by atoms with Crippen molar-refractivity contribution in [3.8, 4) is 0 Å². The van der Waals surface area contributed by atoms with Crippen LogP contribution in [0.4, 0.5) is 10.5 Å². The van der Waals surface area contributed by atoms with E-state index in [0.29, 0.717) is 18.4 Å². The van der Waals surface area contributed by atoms with E-state index in [1.807, 2.05) is 39.0 Å². The van der Waals surface area contributed by atoms with Crippen LogP contribution >= 0.6 is 0 Å². The maximum atomic E-state index is 13.2. The zero-order chi connectivity index (χ0) is 32.1. The summed E-state index contributed by atoms with van der Waals surface area (Å²) >= 11 is 0. The summed E-state index contributed by atoms with van der Waals surface area (Å²) in [6.07, 6.45) is 6.06. The highest BCUT2D eigenvalue weighted by molar-refractivity contribution is 7.85. The van der Waals surface area contributed by atoms with Crippen LogP contribution in [0.2, 0.25) is 0 Å². The molecule has 12 nitrogen and oxygen atoms in total. The van der Waals surface area contributed by atoms with Gasteiger partial charge in [-0.3, -0.25) is 24.4 Å². The fourth-order valence-corrected chi connectivity index (χ4v) is 6.79. The number of fused-ring (bicyclic) bond motifs is 1. The molecule has 44 heavy (non-hydrogen) atoms. The van der Waals surface area contributed by atoms with E-state index in [1.54, 1.807) is 0 Å². The summed E-state index contributed by atoms with van der Waals surface area (Å²) in [6.45, 7) is 7.60. The molecule has 5 atom stereocenters. The molecule has 2 aromatic rings. The van der Waals surface area contributed by atoms with Gasteiger partial charge in [-0.1, -0.05) is 49.6 Å². The SMILES string of the molecule is CC(C)(C)NC(=O)[C@@H]1C[C@@H]2CCCC[C@@H]2CN1C[C@H]1OC(=O)N[C@H]1Cc1ccccc1.O=[N+]([O-])c1ccc(S(=O)(=O)O)cc1. The number of nitro benzene ring substituents is 1. The van der Waals surface area contributed by atoms with Gasteiger partial charge in [0.2, 0.25) is 5.91 Å². The number of nitro groups is 1. The molecule has 1 aliphatic carbocycles. The van der Waals surface area contributed by atoms with Crippen molar-refractivity contribution in [2.24, 2.45) is 11.8 Å². The van der Waals surface area contributed by atoms with Crippen molar-refractivity contribution >= 4 is 27.8 Å². The number of piperidine rings is 1. The molecule has 1 saturated carbocycles. The van der Waals surface area contributed by atoms with E-state index < -0.39 is 15.0 Å². The Morgan fingerprint density at radius 1 is 1.09 bits per heavy atom. The van der Waals surface area contributed by atoms with Crippen LogP contribution in [0.25, 0.3) is 0 Å². The third-order valence-electron chi connectivity index (χ3n) is 8.37. The van der Waals surface area contributed by atoms with E-state index in [0.717, 1.165) is 43.7 Å². The number of nitrogens with one attached hydrogen (secondary N) is 2. The smallest absolute Gasteiger partial charge is 0.407 e. The van der Waals surface area contributed by atoms with Crippen LogP contribution < -0.4 is 10.6 Å². The number of cyclic esters (lactones) is 1. The second-order valence-corrected chi connectivity index (χ2v) is 14.3. The topological polar surface area (TPSA) is 168 Å². The minimum absolute atomic E-state index is 0.0784. The van der Waals surface area contributed by atoms with Gasteiger partial charge in [-0.2, -0.15) is 8.42 Å². The fraction of sp³-hybridized carbons (Fsp3) is 0.548. The number of benzene rings is 2. The molecule has 3 N–H and O–H groups in total. The van der Waals surface area contributed by atoms with Crippen molar-refractivity contribution in [2.45, 2.75) is 87.9 Å². The number of rotatable bonds is 7. The molecule has 0 bridgehead atoms. The highest BCUT2D eigenvalue weighted by Crippen LogP contribution is 2.39. The molecular weight excluding hydrogens is 588 g/mol. The number of hydrogen-bond donors (Lipinski definition) is 3. The van der Waals surface area contributed by atoms with Crippen LogP contribution in [0.1, 0.15) is 58.4 Å². The molecule has 0 aromatic heterocycles. The molecule has 3 fully saturated rings. The highest BCUT2D eigenvalue weighted by atomic mass is 32.2. The van der Waals surface area contributed by atoms with Crippen molar-refractivity contribution in [3.05, 3.63) is 70.3 Å². The number of nitrogens with zero attached hydrogens (tertiary/aromatic N) is 2. The summed E-state index contributed by atoms with van der Waals surface area (Å²) in [5.41, 5.74) is 0.687. The van der Waals surface area contributed by atoms with E-state index in [1.165, 1.54) is 31.2 Å². The first-order valence-corrected chi connectivity index (χ1v) is 16.4. The zero-order valence-corrected chi connectivity index (χ0v) is 26.2. The second kappa shape index (κ2) is 14.0. The summed E-state index contributed by atoms with van der Waals surface area (Å²) in [5, 5.41) is 16.3. The normalized spacial score (nSPS) is 25.5. The molecule has 0 radical (unpaired) electrons. The number of carbonyl (C=O) groups excluding carboxylic acids is 2. The highest BCUT2D eigenvalue weighted by Gasteiger charge is 2.44. The number of ether oxygens (including phenoxy) is 1. The lowest BCUT2D eigenvalue weighted by Gasteiger charge is -2.46. The monoisotopic (exact) mass is 630 g/mol. The molecule has 13 heteroatoms. The van der Waals surface area contributed by atoms with E-state index in [2.05, 4.69) is 27.7 Å². The predicted octanol–water partition coefficient (Wildman–Crippen LogP) is 4.34. The van der Waals surface area contributed by atoms with E-state index >= 15 is 0 Å². The van der Waals surface area contributed by atoms with Gasteiger partial charge in [0.05, 0.1) is 21.9 Å². The van der Waals surface area contributed by atoms with Crippen molar-refractivity contribution in [1.29, 1.82) is 0 Å². The summed E-state index contributed by atoms with van der Waals surface area (Å²) < 4.78 is 35.2. The van der Waals surface area contributed by atoms with Gasteiger partial charge in [0.1, 0.15) is 6.10 Å². The van der Waals surface area contributed by atoms with E-state index in [-0.39, 0.29) is 46.3 Å². The molecule has 0 spiro atoms. The lowest BCUT2D eigenvalue weighted by atomic mass is 9.72. The van der Waals surface area contributed by atoms with Gasteiger partial charge in [0.25, 0.3) is 15.8 Å². The molecule has 2 amide bonds. The molecule has 0 unspecified atom stereocenters. The van der Waals surface area contributed by atoms with Gasteiger partial charge >= 0.3 is 6.09 Å². The Hall–Kier alpha value is -3.55. The number of carbonyl (C=O) groups is 2. The van der Waals surface area contributed by atoms with Crippen LogP contribution in [0.3, 0.4) is 0 Å². The molecule has 5 rings (SSSR count). The Kier molecular flexibility index (Phi) is 10.6. The van der Waals surface area contributed by atoms with Crippen molar-refractivity contribution in [2.75, 3.05) is 13.1 Å². The third kappa shape index (κ3) is 9.23. The zero-order valence-electron chi connectivity index (χ0n) is 25.3. The Morgan fingerprint density at radius 2 is 1.73 bits per heavy atom. The van der Waals surface area contributed by atoms with Gasteiger partial charge in [-0.15, -0.1) is 0 Å². The van der Waals surface area contributed by atoms with Crippen LogP contribution in [-0.4, -0.2) is 71.6 Å². The van der Waals surface area contributed by atoms with Crippen molar-refractivity contribution < 1.29 is 32.2 Å². The summed E-state index contributed by atoms with van der Waals surface area (Å²) in [4.78, 5) is 36.8. The lowest BCUT2D eigenvalue weighted by Crippen LogP contribution is -2.59. The first-order valence-electron chi connectivity index (χ1n) is 15.0. The predicted molar refractivity (Wildman–Crippen MR) is 164 cm³/mol. The van der Waals surface area contributed by atoms with Gasteiger partial charge in [0.15, 0.2) is 0 Å². The number of amides is 2. The number of non-ortho nitro benzene ring substituents is 1. The quantitative estimate of drug-likeness (QED) is 0.229. The summed E-state index contributed by atoms with van der Waals surface area (Å²) in [6, 6.07) is 13.9. The molecule has 240 valence electrons. The lowest BCUT2D eigenvalue weighted by molar-refractivity contribution is -0.384. The third-order valence-corrected chi connectivity index (χ3v) is 9.24. The molecule has 3 aliphatic rings. The molecule has 2 saturated heterocycles. The fourth-order valence-electron chi connectivity index (χ4n) is 6.31. The first-order chi connectivity index (χ1) is 20.7. The average Bonchev–Trinajstić information content (AvgIpc) is 3.30. The number of alkyl carbamates (subject to hydrolysis) is 1. The van der Waals surface area contributed by atoms with Gasteiger partial charge in [0, 0.05) is 30.8 Å². The number of likely N-dealkylation sites (tertiary alicyclic amines) is 1. The van der Waals surface area contributed by atoms with E-state index in [9.17, 15) is 28.1 Å². The van der Waals surface area contributed by atoms with Crippen molar-refractivity contribution in [1.82, 2.24) is 15.5 Å². The molecule has 2 aliphatic heterocycles. The Bertz CT molecular complexity index is 1410. The van der Waals surface area contributed by atoms with Gasteiger partial charge < -0.3 is 15.4 Å². The van der Waals surface area contributed by atoms with Gasteiger partial charge in [-0.05, 0) is 69.6 Å². The molecular formula is C31H42N4O8S. The minimum atomic E-state index is -4.27. The Morgan fingerprint density at radius 3 is 2.32 bits per heavy atom. The van der Waals surface area contributed by atoms with Crippen molar-refractivity contribution in [3.63, 3.8) is 0 Å². The van der Waals surface area contributed by atoms with Gasteiger partial charge in [-0.25, -0.2) is 4.79 Å². The minimum Gasteiger partial charge on any atom is -0.443 e. The summed E-state index contributed by atoms with van der Waals surface area (Å²) in [5.74, 6) is 1.38. The van der Waals surface area contributed by atoms with Crippen LogP contribution in [0.15, 0.2) is 59.5 Å². The first kappa shape index (κ1) is 33.3. The maximum absolute atomic E-state index is 13.2. The largest absolute Gasteiger partial charge is 0.443 e. The molecule has 2 heterocycles. The van der Waals surface area contributed by atoms with Crippen LogP contribution in [-0.2, 0) is 26.1 Å². The Labute approximate surface area is 258 Å². The Balaban J connectivity index is 0.000000285. The molecule has 2 aromatic carbocycles. The van der Waals surface area contributed by atoms with Crippen LogP contribution in [0.5, 0.6) is 0 Å². The second-order valence-electron chi connectivity index (χ2n) is 12.9.